The van der Waals surface area contributed by atoms with Crippen molar-refractivity contribution in [3.63, 3.8) is 0 Å². The zero-order chi connectivity index (χ0) is 33.9. The van der Waals surface area contributed by atoms with Crippen LogP contribution in [-0.2, 0) is 22.5 Å². The molecule has 1 aliphatic carbocycles. The molecule has 256 valence electrons. The highest BCUT2D eigenvalue weighted by atomic mass is 35.5. The first kappa shape index (κ1) is 34.2. The van der Waals surface area contributed by atoms with Crippen molar-refractivity contribution in [1.29, 1.82) is 5.26 Å². The van der Waals surface area contributed by atoms with Crippen LogP contribution < -0.4 is 9.64 Å². The Kier molecular flexibility index (Phi) is 10.3. The van der Waals surface area contributed by atoms with Crippen LogP contribution in [0.5, 0.6) is 6.01 Å². The molecule has 11 heteroatoms. The zero-order valence-electron chi connectivity index (χ0n) is 28.6. The van der Waals surface area contributed by atoms with E-state index in [0.29, 0.717) is 51.8 Å². The van der Waals surface area contributed by atoms with Crippen molar-refractivity contribution in [2.45, 2.75) is 78.1 Å². The Morgan fingerprint density at radius 2 is 1.75 bits per heavy atom. The molecule has 0 bridgehead atoms. The molecule has 4 aliphatic rings. The Bertz CT molecular complexity index is 1650. The second-order valence-electron chi connectivity index (χ2n) is 14.4. The highest BCUT2D eigenvalue weighted by molar-refractivity contribution is 6.35. The van der Waals surface area contributed by atoms with E-state index in [1.807, 2.05) is 32.9 Å². The van der Waals surface area contributed by atoms with E-state index in [9.17, 15) is 4.79 Å². The van der Waals surface area contributed by atoms with E-state index in [1.54, 1.807) is 11.0 Å². The van der Waals surface area contributed by atoms with Crippen molar-refractivity contribution >= 4 is 34.3 Å². The number of aromatic nitrogens is 2. The summed E-state index contributed by atoms with van der Waals surface area (Å²) in [4.78, 5) is 29.4. The molecule has 0 radical (unpaired) electrons. The lowest BCUT2D eigenvalue weighted by Gasteiger charge is -2.38. The summed E-state index contributed by atoms with van der Waals surface area (Å²) in [6, 6.07) is 14.4. The maximum absolute atomic E-state index is 12.7. The normalized spacial score (nSPS) is 20.4. The molecule has 1 amide bonds. The largest absolute Gasteiger partial charge is 0.463 e. The highest BCUT2D eigenvalue weighted by Crippen LogP contribution is 2.47. The first-order chi connectivity index (χ1) is 23.1. The third kappa shape index (κ3) is 7.96. The summed E-state index contributed by atoms with van der Waals surface area (Å²) in [5.41, 5.74) is 2.69. The number of hydrogen-bond donors (Lipinski definition) is 0. The number of fused-ring (bicyclic) bond motifs is 2. The second-order valence-corrected chi connectivity index (χ2v) is 14.8. The molecule has 10 nitrogen and oxygen atoms in total. The van der Waals surface area contributed by atoms with E-state index < -0.39 is 5.60 Å². The number of likely N-dealkylation sites (tertiary alicyclic amines) is 1. The van der Waals surface area contributed by atoms with Crippen LogP contribution in [-0.4, -0.2) is 83.9 Å². The predicted octanol–water partition coefficient (Wildman–Crippen LogP) is 6.94. The Labute approximate surface area is 288 Å². The lowest BCUT2D eigenvalue weighted by atomic mass is 9.94. The molecule has 4 heterocycles. The Hall–Kier alpha value is -3.65. The number of ether oxygens (including phenoxy) is 3. The molecule has 1 unspecified atom stereocenters. The molecule has 48 heavy (non-hydrogen) atoms. The minimum atomic E-state index is -0.526. The maximum Gasteiger partial charge on any atom is 0.410 e. The van der Waals surface area contributed by atoms with Crippen molar-refractivity contribution in [2.75, 3.05) is 57.3 Å². The van der Waals surface area contributed by atoms with Crippen LogP contribution in [0.15, 0.2) is 36.4 Å². The summed E-state index contributed by atoms with van der Waals surface area (Å²) in [7, 11) is 0. The summed E-state index contributed by atoms with van der Waals surface area (Å²) >= 11 is 6.71. The van der Waals surface area contributed by atoms with Crippen molar-refractivity contribution in [2.24, 2.45) is 5.41 Å². The van der Waals surface area contributed by atoms with Crippen molar-refractivity contribution < 1.29 is 19.0 Å². The number of piperazine rings is 1. The van der Waals surface area contributed by atoms with Gasteiger partial charge >= 0.3 is 12.1 Å². The topological polar surface area (TPSA) is 104 Å². The number of hydrogen-bond acceptors (Lipinski definition) is 9. The van der Waals surface area contributed by atoms with Gasteiger partial charge in [0.05, 0.1) is 31.1 Å². The SMILES string of the molecule is CC#N.CC(C)(C)OC(=O)N1CCN(c2nc(OCC3(CN4CCCC4)CC3)nc3c2COC(c2cccc4cccc(Cl)c24)C3)CC1. The third-order valence-electron chi connectivity index (χ3n) is 9.54. The van der Waals surface area contributed by atoms with Crippen LogP contribution in [0, 0.1) is 16.7 Å². The van der Waals surface area contributed by atoms with Gasteiger partial charge < -0.3 is 28.9 Å². The lowest BCUT2D eigenvalue weighted by molar-refractivity contribution is 0.0230. The first-order valence-electron chi connectivity index (χ1n) is 17.2. The Morgan fingerprint density at radius 1 is 1.06 bits per heavy atom. The maximum atomic E-state index is 12.7. The van der Waals surface area contributed by atoms with Crippen molar-refractivity contribution in [3.05, 3.63) is 58.2 Å². The molecule has 0 spiro atoms. The standard InChI is InChI=1S/C35H44ClN5O4.C2H3N/c1-34(2,3)45-33(42)41-18-16-40(17-19-41)31-26-21-43-29(25-10-6-8-24-9-7-11-27(36)30(24)25)20-28(26)37-32(38-31)44-23-35(12-13-35)22-39-14-4-5-15-39;1-2-3/h6-11,29H,4-5,12-23H2,1-3H3;1H3. The van der Waals surface area contributed by atoms with Crippen molar-refractivity contribution in [3.8, 4) is 12.1 Å². The van der Waals surface area contributed by atoms with Gasteiger partial charge in [0.25, 0.3) is 0 Å². The van der Waals surface area contributed by atoms with E-state index in [2.05, 4.69) is 34.1 Å². The van der Waals surface area contributed by atoms with Gasteiger partial charge in [0, 0.05) is 67.5 Å². The van der Waals surface area contributed by atoms with Gasteiger partial charge in [-0.05, 0) is 76.6 Å². The molecule has 1 aromatic heterocycles. The van der Waals surface area contributed by atoms with E-state index in [0.717, 1.165) is 45.0 Å². The molecule has 3 aromatic rings. The number of nitriles is 1. The first-order valence-corrected chi connectivity index (χ1v) is 17.5. The minimum Gasteiger partial charge on any atom is -0.463 e. The Morgan fingerprint density at radius 3 is 2.42 bits per heavy atom. The van der Waals surface area contributed by atoms with Gasteiger partial charge in [0.1, 0.15) is 11.4 Å². The summed E-state index contributed by atoms with van der Waals surface area (Å²) in [5, 5.41) is 10.2. The third-order valence-corrected chi connectivity index (χ3v) is 9.86. The van der Waals surface area contributed by atoms with Crippen molar-refractivity contribution in [1.82, 2.24) is 19.8 Å². The summed E-state index contributed by atoms with van der Waals surface area (Å²) in [6.45, 7) is 14.0. The van der Waals surface area contributed by atoms with Crippen LogP contribution in [0.2, 0.25) is 5.02 Å². The summed E-state index contributed by atoms with van der Waals surface area (Å²) < 4.78 is 18.6. The number of carbonyl (C=O) groups excluding carboxylic acids is 1. The fourth-order valence-electron chi connectivity index (χ4n) is 6.93. The van der Waals surface area contributed by atoms with E-state index in [1.165, 1.54) is 45.7 Å². The van der Waals surface area contributed by atoms with Gasteiger partial charge in [0.15, 0.2) is 0 Å². The average molecular weight is 675 g/mol. The van der Waals surface area contributed by atoms with Gasteiger partial charge in [-0.1, -0.05) is 41.9 Å². The zero-order valence-corrected chi connectivity index (χ0v) is 29.4. The van der Waals surface area contributed by atoms with Crippen LogP contribution in [0.4, 0.5) is 10.6 Å². The van der Waals surface area contributed by atoms with Crippen LogP contribution in [0.25, 0.3) is 10.8 Å². The number of benzene rings is 2. The van der Waals surface area contributed by atoms with Gasteiger partial charge in [-0.25, -0.2) is 4.79 Å². The van der Waals surface area contributed by atoms with Gasteiger partial charge in [0.2, 0.25) is 0 Å². The van der Waals surface area contributed by atoms with Crippen LogP contribution in [0.1, 0.15) is 76.3 Å². The quantitative estimate of drug-likeness (QED) is 0.264. The lowest BCUT2D eigenvalue weighted by Crippen LogP contribution is -2.50. The minimum absolute atomic E-state index is 0.189. The predicted molar refractivity (Wildman–Crippen MR) is 186 cm³/mol. The number of amides is 1. The van der Waals surface area contributed by atoms with Gasteiger partial charge in [-0.3, -0.25) is 0 Å². The molecular formula is C37H47ClN6O4. The molecule has 7 rings (SSSR count). The monoisotopic (exact) mass is 674 g/mol. The molecular weight excluding hydrogens is 628 g/mol. The molecule has 1 atom stereocenters. The van der Waals surface area contributed by atoms with Crippen LogP contribution >= 0.6 is 11.6 Å². The van der Waals surface area contributed by atoms with Gasteiger partial charge in [-0.15, -0.1) is 0 Å². The number of halogens is 1. The molecule has 3 aliphatic heterocycles. The second kappa shape index (κ2) is 14.5. The fraction of sp³-hybridized carbons (Fsp3) is 0.568. The Balaban J connectivity index is 0.00000129. The van der Waals surface area contributed by atoms with E-state index >= 15 is 0 Å². The van der Waals surface area contributed by atoms with Crippen LogP contribution in [0.3, 0.4) is 0 Å². The highest BCUT2D eigenvalue weighted by Gasteiger charge is 2.45. The summed E-state index contributed by atoms with van der Waals surface area (Å²) in [5.74, 6) is 0.845. The number of anilines is 1. The average Bonchev–Trinajstić information content (AvgIpc) is 3.64. The number of nitrogens with zero attached hydrogens (tertiary/aromatic N) is 6. The smallest absolute Gasteiger partial charge is 0.410 e. The van der Waals surface area contributed by atoms with E-state index in [-0.39, 0.29) is 17.6 Å². The van der Waals surface area contributed by atoms with E-state index in [4.69, 9.17) is 41.0 Å². The fourth-order valence-corrected chi connectivity index (χ4v) is 7.22. The molecule has 2 saturated heterocycles. The molecule has 0 N–H and O–H groups in total. The molecule has 1 saturated carbocycles. The summed E-state index contributed by atoms with van der Waals surface area (Å²) in [6.07, 6.45) is 5.09. The molecule has 2 aromatic carbocycles. The number of carbonyl (C=O) groups is 1. The number of rotatable bonds is 7. The molecule has 3 fully saturated rings. The van der Waals surface area contributed by atoms with Gasteiger partial charge in [-0.2, -0.15) is 15.2 Å².